The summed E-state index contributed by atoms with van der Waals surface area (Å²) in [6, 6.07) is 10.0. The molecule has 0 spiro atoms. The molecular formula is C15H18N2O. The molecule has 1 heterocycles. The fraction of sp³-hybridized carbons (Fsp3) is 0.267. The van der Waals surface area contributed by atoms with E-state index in [4.69, 9.17) is 5.73 Å². The fourth-order valence-electron chi connectivity index (χ4n) is 2.07. The van der Waals surface area contributed by atoms with Crippen LogP contribution in [0, 0.1) is 13.8 Å². The molecule has 1 unspecified atom stereocenters. The molecule has 0 aliphatic rings. The molecule has 1 aromatic carbocycles. The van der Waals surface area contributed by atoms with Crippen molar-refractivity contribution in [3.8, 4) is 0 Å². The van der Waals surface area contributed by atoms with Gasteiger partial charge in [0.1, 0.15) is 5.82 Å². The minimum atomic E-state index is -0.610. The SMILES string of the molecule is Cc1ccc(CC(O)c2c(C)ccnc2N)cc1. The Morgan fingerprint density at radius 1 is 1.17 bits per heavy atom. The number of benzene rings is 1. The van der Waals surface area contributed by atoms with Crippen molar-refractivity contribution < 1.29 is 5.11 Å². The number of pyridine rings is 1. The number of nitrogen functional groups attached to an aromatic ring is 1. The van der Waals surface area contributed by atoms with E-state index in [1.54, 1.807) is 6.20 Å². The van der Waals surface area contributed by atoms with E-state index in [1.165, 1.54) is 5.56 Å². The van der Waals surface area contributed by atoms with E-state index >= 15 is 0 Å². The molecule has 0 fully saturated rings. The molecule has 2 rings (SSSR count). The zero-order valence-electron chi connectivity index (χ0n) is 10.7. The number of nitrogens with zero attached hydrogens (tertiary/aromatic N) is 1. The predicted octanol–water partition coefficient (Wildman–Crippen LogP) is 2.56. The Kier molecular flexibility index (Phi) is 3.63. The lowest BCUT2D eigenvalue weighted by Crippen LogP contribution is -2.08. The first kappa shape index (κ1) is 12.6. The van der Waals surface area contributed by atoms with Crippen LogP contribution >= 0.6 is 0 Å². The number of hydrogen-bond acceptors (Lipinski definition) is 3. The van der Waals surface area contributed by atoms with E-state index in [-0.39, 0.29) is 0 Å². The van der Waals surface area contributed by atoms with Gasteiger partial charge in [0, 0.05) is 18.2 Å². The van der Waals surface area contributed by atoms with Crippen LogP contribution in [0.25, 0.3) is 0 Å². The van der Waals surface area contributed by atoms with Crippen molar-refractivity contribution in [2.24, 2.45) is 0 Å². The van der Waals surface area contributed by atoms with Gasteiger partial charge in [-0.3, -0.25) is 0 Å². The van der Waals surface area contributed by atoms with Gasteiger partial charge in [-0.15, -0.1) is 0 Å². The lowest BCUT2D eigenvalue weighted by molar-refractivity contribution is 0.178. The Morgan fingerprint density at radius 3 is 2.44 bits per heavy atom. The molecule has 3 heteroatoms. The Balaban J connectivity index is 2.22. The van der Waals surface area contributed by atoms with Crippen molar-refractivity contribution in [2.45, 2.75) is 26.4 Å². The van der Waals surface area contributed by atoms with E-state index < -0.39 is 6.10 Å². The Morgan fingerprint density at radius 2 is 1.83 bits per heavy atom. The summed E-state index contributed by atoms with van der Waals surface area (Å²) in [5, 5.41) is 10.3. The minimum absolute atomic E-state index is 0.412. The number of anilines is 1. The smallest absolute Gasteiger partial charge is 0.129 e. The van der Waals surface area contributed by atoms with Crippen molar-refractivity contribution in [3.63, 3.8) is 0 Å². The first-order chi connectivity index (χ1) is 8.58. The second-order valence-corrected chi connectivity index (χ2v) is 4.63. The molecule has 18 heavy (non-hydrogen) atoms. The second-order valence-electron chi connectivity index (χ2n) is 4.63. The second kappa shape index (κ2) is 5.19. The van der Waals surface area contributed by atoms with Gasteiger partial charge in [0.25, 0.3) is 0 Å². The largest absolute Gasteiger partial charge is 0.388 e. The summed E-state index contributed by atoms with van der Waals surface area (Å²) < 4.78 is 0. The molecule has 1 atom stereocenters. The zero-order chi connectivity index (χ0) is 13.1. The van der Waals surface area contributed by atoms with Crippen molar-refractivity contribution in [3.05, 3.63) is 58.8 Å². The number of aromatic nitrogens is 1. The van der Waals surface area contributed by atoms with E-state index in [9.17, 15) is 5.11 Å². The van der Waals surface area contributed by atoms with Crippen molar-refractivity contribution in [2.75, 3.05) is 5.73 Å². The van der Waals surface area contributed by atoms with Gasteiger partial charge in [0.2, 0.25) is 0 Å². The molecule has 0 aliphatic heterocycles. The average Bonchev–Trinajstić information content (AvgIpc) is 2.32. The maximum Gasteiger partial charge on any atom is 0.129 e. The monoisotopic (exact) mass is 242 g/mol. The normalized spacial score (nSPS) is 12.4. The molecular weight excluding hydrogens is 224 g/mol. The van der Waals surface area contributed by atoms with Crippen LogP contribution in [0.2, 0.25) is 0 Å². The number of aliphatic hydroxyl groups excluding tert-OH is 1. The summed E-state index contributed by atoms with van der Waals surface area (Å²) in [6.07, 6.45) is 1.60. The lowest BCUT2D eigenvalue weighted by Gasteiger charge is -2.15. The number of rotatable bonds is 3. The number of nitrogens with two attached hydrogens (primary N) is 1. The third-order valence-electron chi connectivity index (χ3n) is 3.12. The number of aliphatic hydroxyl groups is 1. The van der Waals surface area contributed by atoms with E-state index in [0.717, 1.165) is 16.7 Å². The quantitative estimate of drug-likeness (QED) is 0.869. The summed E-state index contributed by atoms with van der Waals surface area (Å²) in [4.78, 5) is 4.03. The molecule has 3 nitrogen and oxygen atoms in total. The minimum Gasteiger partial charge on any atom is -0.388 e. The van der Waals surface area contributed by atoms with Gasteiger partial charge in [-0.05, 0) is 31.0 Å². The zero-order valence-corrected chi connectivity index (χ0v) is 10.7. The van der Waals surface area contributed by atoms with Crippen molar-refractivity contribution >= 4 is 5.82 Å². The van der Waals surface area contributed by atoms with Crippen LogP contribution in [0.15, 0.2) is 36.5 Å². The van der Waals surface area contributed by atoms with Crippen LogP contribution in [-0.4, -0.2) is 10.1 Å². The number of aryl methyl sites for hydroxylation is 2. The van der Waals surface area contributed by atoms with Crippen LogP contribution < -0.4 is 5.73 Å². The van der Waals surface area contributed by atoms with Crippen LogP contribution in [0.4, 0.5) is 5.82 Å². The van der Waals surface area contributed by atoms with Gasteiger partial charge in [0.05, 0.1) is 6.10 Å². The highest BCUT2D eigenvalue weighted by atomic mass is 16.3. The Bertz CT molecular complexity index is 514. The molecule has 3 N–H and O–H groups in total. The maximum absolute atomic E-state index is 10.3. The Labute approximate surface area is 107 Å². The highest BCUT2D eigenvalue weighted by molar-refractivity contribution is 5.45. The molecule has 0 saturated heterocycles. The molecule has 0 amide bonds. The van der Waals surface area contributed by atoms with E-state index in [2.05, 4.69) is 4.98 Å². The highest BCUT2D eigenvalue weighted by Gasteiger charge is 2.15. The molecule has 0 aliphatic carbocycles. The molecule has 2 aromatic rings. The van der Waals surface area contributed by atoms with Crippen LogP contribution in [0.1, 0.15) is 28.4 Å². The van der Waals surface area contributed by atoms with Gasteiger partial charge in [-0.1, -0.05) is 29.8 Å². The first-order valence-electron chi connectivity index (χ1n) is 6.02. The number of hydrogen-bond donors (Lipinski definition) is 2. The maximum atomic E-state index is 10.3. The van der Waals surface area contributed by atoms with Gasteiger partial charge in [0.15, 0.2) is 0 Å². The first-order valence-corrected chi connectivity index (χ1v) is 6.02. The summed E-state index contributed by atoms with van der Waals surface area (Å²) in [5.41, 5.74) is 9.84. The molecule has 0 saturated carbocycles. The molecule has 0 bridgehead atoms. The predicted molar refractivity (Wildman–Crippen MR) is 73.2 cm³/mol. The molecule has 0 radical (unpaired) electrons. The molecule has 1 aromatic heterocycles. The Hall–Kier alpha value is -1.87. The third-order valence-corrected chi connectivity index (χ3v) is 3.12. The van der Waals surface area contributed by atoms with Crippen LogP contribution in [0.5, 0.6) is 0 Å². The van der Waals surface area contributed by atoms with E-state index in [1.807, 2.05) is 44.2 Å². The summed E-state index contributed by atoms with van der Waals surface area (Å²) in [7, 11) is 0. The third kappa shape index (κ3) is 2.68. The van der Waals surface area contributed by atoms with Gasteiger partial charge in [-0.25, -0.2) is 4.98 Å². The van der Waals surface area contributed by atoms with E-state index in [0.29, 0.717) is 12.2 Å². The van der Waals surface area contributed by atoms with Gasteiger partial charge in [-0.2, -0.15) is 0 Å². The van der Waals surface area contributed by atoms with Crippen molar-refractivity contribution in [1.82, 2.24) is 4.98 Å². The standard InChI is InChI=1S/C15H18N2O/c1-10-3-5-12(6-4-10)9-13(18)14-11(2)7-8-17-15(14)16/h3-8,13,18H,9H2,1-2H3,(H2,16,17). The summed E-state index contributed by atoms with van der Waals surface area (Å²) in [5.74, 6) is 0.412. The fourth-order valence-corrected chi connectivity index (χ4v) is 2.07. The summed E-state index contributed by atoms with van der Waals surface area (Å²) in [6.45, 7) is 3.98. The topological polar surface area (TPSA) is 59.1 Å². The summed E-state index contributed by atoms with van der Waals surface area (Å²) >= 11 is 0. The van der Waals surface area contributed by atoms with Crippen molar-refractivity contribution in [1.29, 1.82) is 0 Å². The van der Waals surface area contributed by atoms with Gasteiger partial charge >= 0.3 is 0 Å². The lowest BCUT2D eigenvalue weighted by atomic mass is 9.98. The highest BCUT2D eigenvalue weighted by Crippen LogP contribution is 2.25. The average molecular weight is 242 g/mol. The van der Waals surface area contributed by atoms with Gasteiger partial charge < -0.3 is 10.8 Å². The van der Waals surface area contributed by atoms with Crippen LogP contribution in [0.3, 0.4) is 0 Å². The molecule has 94 valence electrons. The van der Waals surface area contributed by atoms with Crippen LogP contribution in [-0.2, 0) is 6.42 Å².